The highest BCUT2D eigenvalue weighted by molar-refractivity contribution is 5.78. The Morgan fingerprint density at radius 1 is 1.29 bits per heavy atom. The summed E-state index contributed by atoms with van der Waals surface area (Å²) in [5.74, 6) is -0.742. The van der Waals surface area contributed by atoms with Crippen molar-refractivity contribution in [2.45, 2.75) is 59.6 Å². The molecule has 7 heteroatoms. The molecule has 1 unspecified atom stereocenters. The van der Waals surface area contributed by atoms with Gasteiger partial charge in [0.15, 0.2) is 0 Å². The van der Waals surface area contributed by atoms with Crippen molar-refractivity contribution in [1.29, 1.82) is 0 Å². The van der Waals surface area contributed by atoms with Crippen LogP contribution in [-0.4, -0.2) is 41.3 Å². The summed E-state index contributed by atoms with van der Waals surface area (Å²) in [7, 11) is 0. The molecule has 1 saturated heterocycles. The van der Waals surface area contributed by atoms with E-state index >= 15 is 0 Å². The third-order valence-corrected chi connectivity index (χ3v) is 5.84. The third-order valence-electron chi connectivity index (χ3n) is 5.84. The highest BCUT2D eigenvalue weighted by Gasteiger charge is 2.45. The molecule has 1 fully saturated rings. The molecule has 1 aliphatic rings. The molecule has 0 aliphatic carbocycles. The summed E-state index contributed by atoms with van der Waals surface area (Å²) in [5.41, 5.74) is 6.13. The Hall–Kier alpha value is -2.15. The van der Waals surface area contributed by atoms with Crippen molar-refractivity contribution in [2.24, 2.45) is 16.6 Å². The van der Waals surface area contributed by atoms with Crippen LogP contribution in [0.5, 0.6) is 0 Å². The van der Waals surface area contributed by atoms with E-state index in [2.05, 4.69) is 0 Å². The average molecular weight is 394 g/mol. The lowest BCUT2D eigenvalue weighted by Gasteiger charge is -2.41. The molecule has 0 radical (unpaired) electrons. The predicted octanol–water partition coefficient (Wildman–Crippen LogP) is 3.56. The van der Waals surface area contributed by atoms with Gasteiger partial charge in [-0.3, -0.25) is 4.79 Å². The van der Waals surface area contributed by atoms with Gasteiger partial charge in [-0.2, -0.15) is 0 Å². The number of rotatable bonds is 5. The number of esters is 1. The molecule has 0 bridgehead atoms. The van der Waals surface area contributed by atoms with Crippen LogP contribution in [0.4, 0.5) is 9.18 Å². The lowest BCUT2D eigenvalue weighted by Crippen LogP contribution is -2.49. The van der Waals surface area contributed by atoms with Gasteiger partial charge in [0.2, 0.25) is 0 Å². The minimum absolute atomic E-state index is 0.222. The first kappa shape index (κ1) is 22.1. The summed E-state index contributed by atoms with van der Waals surface area (Å²) in [6.45, 7) is 8.53. The first-order valence-electron chi connectivity index (χ1n) is 9.65. The molecule has 1 amide bonds. The molecule has 1 heterocycles. The SMILES string of the molecule is CC(OC(=O)C1(Cc2cc(F)ccc2CN)CCN(C(=O)O)CC1)C(C)(C)C. The van der Waals surface area contributed by atoms with Crippen molar-refractivity contribution in [3.63, 3.8) is 0 Å². The zero-order valence-electron chi connectivity index (χ0n) is 17.1. The monoisotopic (exact) mass is 394 g/mol. The summed E-state index contributed by atoms with van der Waals surface area (Å²) in [5, 5.41) is 9.25. The van der Waals surface area contributed by atoms with Gasteiger partial charge in [-0.15, -0.1) is 0 Å². The lowest BCUT2D eigenvalue weighted by molar-refractivity contribution is -0.169. The van der Waals surface area contributed by atoms with E-state index in [9.17, 15) is 19.1 Å². The number of halogens is 1. The second kappa shape index (κ2) is 8.47. The molecule has 2 rings (SSSR count). The number of carbonyl (C=O) groups excluding carboxylic acids is 1. The van der Waals surface area contributed by atoms with Gasteiger partial charge in [-0.1, -0.05) is 26.8 Å². The number of nitrogens with two attached hydrogens (primary N) is 1. The van der Waals surface area contributed by atoms with Gasteiger partial charge in [-0.25, -0.2) is 9.18 Å². The topological polar surface area (TPSA) is 92.9 Å². The van der Waals surface area contributed by atoms with Crippen LogP contribution in [-0.2, 0) is 22.5 Å². The van der Waals surface area contributed by atoms with Crippen molar-refractivity contribution in [3.05, 3.63) is 35.1 Å². The number of hydrogen-bond acceptors (Lipinski definition) is 4. The van der Waals surface area contributed by atoms with Crippen LogP contribution in [0.3, 0.4) is 0 Å². The summed E-state index contributed by atoms with van der Waals surface area (Å²) < 4.78 is 19.7. The summed E-state index contributed by atoms with van der Waals surface area (Å²) in [4.78, 5) is 25.8. The number of likely N-dealkylation sites (tertiary alicyclic amines) is 1. The normalized spacial score (nSPS) is 17.9. The van der Waals surface area contributed by atoms with E-state index in [1.54, 1.807) is 6.07 Å². The highest BCUT2D eigenvalue weighted by Crippen LogP contribution is 2.39. The maximum absolute atomic E-state index is 13.9. The number of benzene rings is 1. The van der Waals surface area contributed by atoms with Gasteiger partial charge >= 0.3 is 12.1 Å². The van der Waals surface area contributed by atoms with E-state index in [-0.39, 0.29) is 49.4 Å². The standard InChI is InChI=1S/C21H31FN2O4/c1-14(20(2,3)4)28-18(25)21(7-9-24(10-8-21)19(26)27)12-16-11-17(22)6-5-15(16)13-23/h5-6,11,14H,7-10,12-13,23H2,1-4H3,(H,26,27). The van der Waals surface area contributed by atoms with Crippen LogP contribution in [0, 0.1) is 16.6 Å². The molecule has 1 aromatic carbocycles. The van der Waals surface area contributed by atoms with E-state index in [1.807, 2.05) is 27.7 Å². The first-order chi connectivity index (χ1) is 13.0. The summed E-state index contributed by atoms with van der Waals surface area (Å²) in [6.07, 6.45) is -0.375. The number of hydrogen-bond donors (Lipinski definition) is 2. The fraction of sp³-hybridized carbons (Fsp3) is 0.619. The van der Waals surface area contributed by atoms with Crippen molar-refractivity contribution in [2.75, 3.05) is 13.1 Å². The molecule has 0 spiro atoms. The Balaban J connectivity index is 2.33. The Bertz CT molecular complexity index is 722. The Kier molecular flexibility index (Phi) is 6.70. The molecule has 1 aromatic rings. The van der Waals surface area contributed by atoms with E-state index < -0.39 is 11.5 Å². The lowest BCUT2D eigenvalue weighted by atomic mass is 9.73. The molecule has 0 aromatic heterocycles. The second-order valence-electron chi connectivity index (χ2n) is 8.76. The average Bonchev–Trinajstić information content (AvgIpc) is 2.61. The number of carbonyl (C=O) groups is 2. The molecule has 156 valence electrons. The van der Waals surface area contributed by atoms with Gasteiger partial charge in [0.1, 0.15) is 11.9 Å². The molecular weight excluding hydrogens is 363 g/mol. The van der Waals surface area contributed by atoms with E-state index in [1.165, 1.54) is 17.0 Å². The van der Waals surface area contributed by atoms with Crippen LogP contribution in [0.15, 0.2) is 18.2 Å². The van der Waals surface area contributed by atoms with Gasteiger partial charge in [-0.05, 0) is 54.9 Å². The van der Waals surface area contributed by atoms with Crippen LogP contribution in [0.25, 0.3) is 0 Å². The second-order valence-corrected chi connectivity index (χ2v) is 8.76. The molecule has 3 N–H and O–H groups in total. The fourth-order valence-corrected chi connectivity index (χ4v) is 3.36. The fourth-order valence-electron chi connectivity index (χ4n) is 3.36. The van der Waals surface area contributed by atoms with Crippen LogP contribution >= 0.6 is 0 Å². The van der Waals surface area contributed by atoms with Crippen LogP contribution in [0.1, 0.15) is 51.7 Å². The van der Waals surface area contributed by atoms with Gasteiger partial charge in [0.25, 0.3) is 0 Å². The molecule has 6 nitrogen and oxygen atoms in total. The van der Waals surface area contributed by atoms with Crippen LogP contribution < -0.4 is 5.73 Å². The Labute approximate surface area is 165 Å². The van der Waals surface area contributed by atoms with Crippen LogP contribution in [0.2, 0.25) is 0 Å². The molecule has 1 atom stereocenters. The van der Waals surface area contributed by atoms with Gasteiger partial charge in [0, 0.05) is 19.6 Å². The third kappa shape index (κ3) is 5.01. The molecule has 0 saturated carbocycles. The number of nitrogens with zero attached hydrogens (tertiary/aromatic N) is 1. The van der Waals surface area contributed by atoms with E-state index in [4.69, 9.17) is 10.5 Å². The van der Waals surface area contributed by atoms with E-state index in [0.717, 1.165) is 5.56 Å². The Morgan fingerprint density at radius 3 is 2.39 bits per heavy atom. The molecular formula is C21H31FN2O4. The zero-order valence-corrected chi connectivity index (χ0v) is 17.1. The van der Waals surface area contributed by atoms with Crippen molar-refractivity contribution in [1.82, 2.24) is 4.90 Å². The van der Waals surface area contributed by atoms with Crippen molar-refractivity contribution >= 4 is 12.1 Å². The van der Waals surface area contributed by atoms with Crippen molar-refractivity contribution < 1.29 is 23.8 Å². The van der Waals surface area contributed by atoms with Gasteiger partial charge in [0.05, 0.1) is 5.41 Å². The summed E-state index contributed by atoms with van der Waals surface area (Å²) in [6, 6.07) is 4.40. The zero-order chi connectivity index (χ0) is 21.1. The summed E-state index contributed by atoms with van der Waals surface area (Å²) >= 11 is 0. The minimum Gasteiger partial charge on any atom is -0.465 e. The largest absolute Gasteiger partial charge is 0.465 e. The molecule has 1 aliphatic heterocycles. The maximum Gasteiger partial charge on any atom is 0.407 e. The minimum atomic E-state index is -1.00. The predicted molar refractivity (Wildman–Crippen MR) is 104 cm³/mol. The van der Waals surface area contributed by atoms with Gasteiger partial charge < -0.3 is 20.5 Å². The quantitative estimate of drug-likeness (QED) is 0.745. The number of ether oxygens (including phenoxy) is 1. The Morgan fingerprint density at radius 2 is 1.89 bits per heavy atom. The maximum atomic E-state index is 13.9. The number of carboxylic acid groups (broad SMARTS) is 1. The highest BCUT2D eigenvalue weighted by atomic mass is 19.1. The number of piperidine rings is 1. The van der Waals surface area contributed by atoms with Crippen molar-refractivity contribution in [3.8, 4) is 0 Å². The smallest absolute Gasteiger partial charge is 0.407 e. The molecule has 28 heavy (non-hydrogen) atoms. The number of amides is 1. The first-order valence-corrected chi connectivity index (χ1v) is 9.65. The van der Waals surface area contributed by atoms with E-state index in [0.29, 0.717) is 18.4 Å².